The third-order valence-corrected chi connectivity index (χ3v) is 2.86. The molecule has 1 saturated carbocycles. The van der Waals surface area contributed by atoms with Crippen LogP contribution in [0.15, 0.2) is 24.3 Å². The van der Waals surface area contributed by atoms with Crippen LogP contribution in [0, 0.1) is 12.8 Å². The molecule has 0 amide bonds. The van der Waals surface area contributed by atoms with Crippen LogP contribution in [-0.2, 0) is 11.2 Å². The van der Waals surface area contributed by atoms with Gasteiger partial charge in [0.15, 0.2) is 5.78 Å². The number of ketones is 1. The second-order valence-corrected chi connectivity index (χ2v) is 4.41. The zero-order chi connectivity index (χ0) is 10.8. The lowest BCUT2D eigenvalue weighted by atomic mass is 10.0. The molecule has 0 bridgehead atoms. The van der Waals surface area contributed by atoms with Gasteiger partial charge in [-0.2, -0.15) is 0 Å². The zero-order valence-electron chi connectivity index (χ0n) is 8.94. The fourth-order valence-electron chi connectivity index (χ4n) is 1.80. The van der Waals surface area contributed by atoms with E-state index in [0.29, 0.717) is 6.42 Å². The van der Waals surface area contributed by atoms with Crippen molar-refractivity contribution in [2.24, 2.45) is 5.92 Å². The van der Waals surface area contributed by atoms with Crippen molar-refractivity contribution in [1.82, 2.24) is 0 Å². The van der Waals surface area contributed by atoms with Crippen molar-refractivity contribution in [3.05, 3.63) is 35.4 Å². The van der Waals surface area contributed by atoms with Crippen LogP contribution < -0.4 is 0 Å². The summed E-state index contributed by atoms with van der Waals surface area (Å²) < 4.78 is 0. The van der Waals surface area contributed by atoms with Gasteiger partial charge in [-0.15, -0.1) is 0 Å². The Morgan fingerprint density at radius 3 is 2.87 bits per heavy atom. The van der Waals surface area contributed by atoms with E-state index in [2.05, 4.69) is 0 Å². The van der Waals surface area contributed by atoms with E-state index >= 15 is 0 Å². The minimum atomic E-state index is -0.731. The number of Topliss-reactive ketones (excluding diaryl/α,β-unsaturated/α-hetero) is 1. The summed E-state index contributed by atoms with van der Waals surface area (Å²) in [6, 6.07) is 7.88. The number of aryl methyl sites for hydroxylation is 1. The van der Waals surface area contributed by atoms with Crippen LogP contribution in [0.1, 0.15) is 24.0 Å². The first kappa shape index (κ1) is 10.4. The SMILES string of the molecule is Cc1cccc(CC(=O)C(O)C2CC2)c1. The van der Waals surface area contributed by atoms with Crippen molar-refractivity contribution in [2.45, 2.75) is 32.3 Å². The third kappa shape index (κ3) is 2.66. The first-order valence-corrected chi connectivity index (χ1v) is 5.43. The molecule has 1 atom stereocenters. The van der Waals surface area contributed by atoms with Gasteiger partial charge in [0.1, 0.15) is 6.10 Å². The first-order chi connectivity index (χ1) is 7.16. The summed E-state index contributed by atoms with van der Waals surface area (Å²) in [4.78, 5) is 11.7. The maximum absolute atomic E-state index is 11.7. The van der Waals surface area contributed by atoms with E-state index in [4.69, 9.17) is 0 Å². The highest BCUT2D eigenvalue weighted by molar-refractivity contribution is 5.85. The molecule has 1 aliphatic rings. The summed E-state index contributed by atoms with van der Waals surface area (Å²) in [7, 11) is 0. The molecule has 1 N–H and O–H groups in total. The van der Waals surface area contributed by atoms with E-state index in [0.717, 1.165) is 24.0 Å². The van der Waals surface area contributed by atoms with Crippen LogP contribution in [0.3, 0.4) is 0 Å². The van der Waals surface area contributed by atoms with Crippen molar-refractivity contribution < 1.29 is 9.90 Å². The molecule has 0 aliphatic heterocycles. The average molecular weight is 204 g/mol. The molecule has 0 radical (unpaired) electrons. The summed E-state index contributed by atoms with van der Waals surface area (Å²) in [5.74, 6) is 0.199. The van der Waals surface area contributed by atoms with Crippen molar-refractivity contribution >= 4 is 5.78 Å². The quantitative estimate of drug-likeness (QED) is 0.813. The number of aliphatic hydroxyl groups excluding tert-OH is 1. The van der Waals surface area contributed by atoms with Gasteiger partial charge in [-0.3, -0.25) is 4.79 Å². The Balaban J connectivity index is 1.98. The monoisotopic (exact) mass is 204 g/mol. The molecule has 15 heavy (non-hydrogen) atoms. The lowest BCUT2D eigenvalue weighted by Crippen LogP contribution is -2.24. The third-order valence-electron chi connectivity index (χ3n) is 2.86. The smallest absolute Gasteiger partial charge is 0.165 e. The van der Waals surface area contributed by atoms with Crippen molar-refractivity contribution in [3.8, 4) is 0 Å². The highest BCUT2D eigenvalue weighted by Crippen LogP contribution is 2.33. The Bertz CT molecular complexity index is 367. The first-order valence-electron chi connectivity index (χ1n) is 5.43. The molecular formula is C13H16O2. The number of rotatable bonds is 4. The molecule has 1 aromatic carbocycles. The molecular weight excluding hydrogens is 188 g/mol. The highest BCUT2D eigenvalue weighted by atomic mass is 16.3. The maximum atomic E-state index is 11.7. The van der Waals surface area contributed by atoms with Gasteiger partial charge in [0, 0.05) is 6.42 Å². The molecule has 1 aliphatic carbocycles. The van der Waals surface area contributed by atoms with Gasteiger partial charge < -0.3 is 5.11 Å². The van der Waals surface area contributed by atoms with E-state index in [-0.39, 0.29) is 11.7 Å². The second kappa shape index (κ2) is 4.15. The van der Waals surface area contributed by atoms with E-state index < -0.39 is 6.10 Å². The van der Waals surface area contributed by atoms with Gasteiger partial charge in [0.05, 0.1) is 0 Å². The average Bonchev–Trinajstić information content (AvgIpc) is 2.99. The van der Waals surface area contributed by atoms with Crippen LogP contribution in [-0.4, -0.2) is 17.0 Å². The molecule has 1 aromatic rings. The second-order valence-electron chi connectivity index (χ2n) is 4.41. The minimum Gasteiger partial charge on any atom is -0.385 e. The van der Waals surface area contributed by atoms with Gasteiger partial charge in [0.2, 0.25) is 0 Å². The van der Waals surface area contributed by atoms with Crippen LogP contribution in [0.2, 0.25) is 0 Å². The van der Waals surface area contributed by atoms with E-state index in [9.17, 15) is 9.90 Å². The maximum Gasteiger partial charge on any atom is 0.165 e. The Kier molecular flexibility index (Phi) is 2.87. The number of hydrogen-bond acceptors (Lipinski definition) is 2. The molecule has 2 heteroatoms. The van der Waals surface area contributed by atoms with Crippen LogP contribution >= 0.6 is 0 Å². The summed E-state index contributed by atoms with van der Waals surface area (Å²) in [6.45, 7) is 2.01. The van der Waals surface area contributed by atoms with Crippen molar-refractivity contribution in [3.63, 3.8) is 0 Å². The molecule has 1 unspecified atom stereocenters. The van der Waals surface area contributed by atoms with Gasteiger partial charge in [-0.25, -0.2) is 0 Å². The Morgan fingerprint density at radius 1 is 1.53 bits per heavy atom. The van der Waals surface area contributed by atoms with E-state index in [1.807, 2.05) is 31.2 Å². The van der Waals surface area contributed by atoms with Crippen molar-refractivity contribution in [2.75, 3.05) is 0 Å². The molecule has 2 nitrogen and oxygen atoms in total. The summed E-state index contributed by atoms with van der Waals surface area (Å²) >= 11 is 0. The molecule has 1 fully saturated rings. The van der Waals surface area contributed by atoms with Gasteiger partial charge in [0.25, 0.3) is 0 Å². The highest BCUT2D eigenvalue weighted by Gasteiger charge is 2.34. The number of aliphatic hydroxyl groups is 1. The van der Waals surface area contributed by atoms with Gasteiger partial charge in [-0.05, 0) is 31.2 Å². The Labute approximate surface area is 89.9 Å². The molecule has 80 valence electrons. The predicted octanol–water partition coefficient (Wildman–Crippen LogP) is 1.88. The number of carbonyl (C=O) groups is 1. The standard InChI is InChI=1S/C13H16O2/c1-9-3-2-4-10(7-9)8-12(14)13(15)11-5-6-11/h2-4,7,11,13,15H,5-6,8H2,1H3. The minimum absolute atomic E-state index is 0.0388. The molecule has 0 aromatic heterocycles. The zero-order valence-corrected chi connectivity index (χ0v) is 8.94. The molecule has 0 heterocycles. The Hall–Kier alpha value is -1.15. The number of benzene rings is 1. The molecule has 0 saturated heterocycles. The summed E-state index contributed by atoms with van der Waals surface area (Å²) in [5, 5.41) is 9.64. The van der Waals surface area contributed by atoms with Crippen LogP contribution in [0.5, 0.6) is 0 Å². The fraction of sp³-hybridized carbons (Fsp3) is 0.462. The number of carbonyl (C=O) groups excluding carboxylic acids is 1. The van der Waals surface area contributed by atoms with Gasteiger partial charge in [-0.1, -0.05) is 29.8 Å². The predicted molar refractivity (Wildman–Crippen MR) is 58.6 cm³/mol. The molecule has 2 rings (SSSR count). The largest absolute Gasteiger partial charge is 0.385 e. The Morgan fingerprint density at radius 2 is 2.27 bits per heavy atom. The fourth-order valence-corrected chi connectivity index (χ4v) is 1.80. The normalized spacial score (nSPS) is 17.5. The number of hydrogen-bond donors (Lipinski definition) is 1. The summed E-state index contributed by atoms with van der Waals surface area (Å²) in [6.07, 6.45) is 1.63. The van der Waals surface area contributed by atoms with Gasteiger partial charge >= 0.3 is 0 Å². The van der Waals surface area contributed by atoms with Crippen molar-refractivity contribution in [1.29, 1.82) is 0 Å². The molecule has 0 spiro atoms. The lowest BCUT2D eigenvalue weighted by Gasteiger charge is -2.08. The van der Waals surface area contributed by atoms with E-state index in [1.54, 1.807) is 0 Å². The lowest BCUT2D eigenvalue weighted by molar-refractivity contribution is -0.127. The van der Waals surface area contributed by atoms with Crippen LogP contribution in [0.4, 0.5) is 0 Å². The topological polar surface area (TPSA) is 37.3 Å². The van der Waals surface area contributed by atoms with Crippen LogP contribution in [0.25, 0.3) is 0 Å². The van der Waals surface area contributed by atoms with E-state index in [1.165, 1.54) is 0 Å². The summed E-state index contributed by atoms with van der Waals surface area (Å²) in [5.41, 5.74) is 2.15.